The first kappa shape index (κ1) is 23.1. The van der Waals surface area contributed by atoms with Gasteiger partial charge in [0, 0.05) is 0 Å². The first-order chi connectivity index (χ1) is 19.7. The van der Waals surface area contributed by atoms with Gasteiger partial charge in [0.2, 0.25) is 0 Å². The number of benzene rings is 6. The van der Waals surface area contributed by atoms with Gasteiger partial charge in [-0.2, -0.15) is 0 Å². The van der Waals surface area contributed by atoms with E-state index in [-0.39, 0.29) is 0 Å². The highest BCUT2D eigenvalue weighted by molar-refractivity contribution is 7.86. The lowest BCUT2D eigenvalue weighted by molar-refractivity contribution is 0.462. The fraction of sp³-hybridized carbons (Fsp3) is 0. The van der Waals surface area contributed by atoms with Crippen molar-refractivity contribution in [3.63, 3.8) is 0 Å². The molecule has 0 saturated carbocycles. The molecule has 2 aliphatic heterocycles. The average Bonchev–Trinajstić information content (AvgIpc) is 3.02. The summed E-state index contributed by atoms with van der Waals surface area (Å²) in [5, 5.41) is 2.03. The molecule has 2 aliphatic rings. The van der Waals surface area contributed by atoms with Crippen molar-refractivity contribution in [2.45, 2.75) is 0 Å². The van der Waals surface area contributed by atoms with Crippen LogP contribution in [-0.4, -0.2) is 0 Å². The van der Waals surface area contributed by atoms with Crippen LogP contribution in [0.2, 0.25) is 0 Å². The molecule has 6 aromatic rings. The van der Waals surface area contributed by atoms with Crippen molar-refractivity contribution in [2.24, 2.45) is 0 Å². The molecule has 6 aromatic carbocycles. The van der Waals surface area contributed by atoms with E-state index in [9.17, 15) is 0 Å². The van der Waals surface area contributed by atoms with Gasteiger partial charge < -0.3 is 14.0 Å². The molecule has 3 nitrogen and oxygen atoms in total. The number of fused-ring (bicyclic) bond motifs is 4. The minimum Gasteiger partial charge on any atom is -0.456 e. The van der Waals surface area contributed by atoms with Crippen LogP contribution in [0.3, 0.4) is 0 Å². The number of hydrogen-bond acceptors (Lipinski definition) is 3. The maximum absolute atomic E-state index is 15.7. The van der Waals surface area contributed by atoms with Crippen LogP contribution in [-0.2, 0) is 4.57 Å². The number of hydrogen-bond donors (Lipinski definition) is 0. The predicted octanol–water partition coefficient (Wildman–Crippen LogP) is 8.54. The van der Waals surface area contributed by atoms with Crippen LogP contribution in [0.4, 0.5) is 0 Å². The first-order valence-corrected chi connectivity index (χ1v) is 15.0. The Morgan fingerprint density at radius 1 is 0.375 bits per heavy atom. The monoisotopic (exact) mass is 534 g/mol. The highest BCUT2D eigenvalue weighted by Gasteiger charge is 2.46. The molecule has 0 fully saturated rings. The SMILES string of the molecule is O=P12c3ccc(-c4ccccc4)cc3Oc3cc(-c4ccccc4)cc(c31)Oc1ccc(-c3ccccc3)cc12. The molecule has 0 saturated heterocycles. The molecular formula is C36H23O3P. The molecule has 2 heterocycles. The second-order valence-corrected chi connectivity index (χ2v) is 12.7. The predicted molar refractivity (Wildman–Crippen MR) is 162 cm³/mol. The highest BCUT2D eigenvalue weighted by atomic mass is 31.2. The van der Waals surface area contributed by atoms with Gasteiger partial charge in [-0.1, -0.05) is 103 Å². The molecule has 0 amide bonds. The summed E-state index contributed by atoms with van der Waals surface area (Å²) in [4.78, 5) is 0. The third kappa shape index (κ3) is 3.49. The molecule has 1 atom stereocenters. The molecule has 40 heavy (non-hydrogen) atoms. The zero-order chi connectivity index (χ0) is 26.7. The molecule has 8 rings (SSSR count). The molecule has 190 valence electrons. The van der Waals surface area contributed by atoms with Crippen LogP contribution in [0.15, 0.2) is 140 Å². The smallest absolute Gasteiger partial charge is 0.185 e. The summed E-state index contributed by atoms with van der Waals surface area (Å²) in [5.74, 6) is 2.39. The van der Waals surface area contributed by atoms with Crippen molar-refractivity contribution in [2.75, 3.05) is 0 Å². The molecule has 0 radical (unpaired) electrons. The lowest BCUT2D eigenvalue weighted by Crippen LogP contribution is -2.35. The van der Waals surface area contributed by atoms with Gasteiger partial charge in [0.1, 0.15) is 28.3 Å². The van der Waals surface area contributed by atoms with E-state index in [4.69, 9.17) is 9.47 Å². The Bertz CT molecular complexity index is 1970. The minimum atomic E-state index is -3.34. The van der Waals surface area contributed by atoms with Gasteiger partial charge in [0.25, 0.3) is 0 Å². The Morgan fingerprint density at radius 2 is 0.850 bits per heavy atom. The van der Waals surface area contributed by atoms with E-state index in [1.165, 1.54) is 0 Å². The van der Waals surface area contributed by atoms with Crippen molar-refractivity contribution in [3.05, 3.63) is 140 Å². The van der Waals surface area contributed by atoms with Gasteiger partial charge in [-0.15, -0.1) is 0 Å². The Kier molecular flexibility index (Phi) is 5.10. The summed E-state index contributed by atoms with van der Waals surface area (Å²) in [5.41, 5.74) is 6.15. The lowest BCUT2D eigenvalue weighted by atomic mass is 10.0. The maximum atomic E-state index is 15.7. The largest absolute Gasteiger partial charge is 0.456 e. The van der Waals surface area contributed by atoms with E-state index in [0.717, 1.165) is 33.4 Å². The molecule has 0 spiro atoms. The van der Waals surface area contributed by atoms with Gasteiger partial charge in [-0.3, -0.25) is 0 Å². The number of ether oxygens (including phenoxy) is 2. The third-order valence-electron chi connectivity index (χ3n) is 7.71. The van der Waals surface area contributed by atoms with Crippen molar-refractivity contribution in [1.29, 1.82) is 0 Å². The van der Waals surface area contributed by atoms with Crippen LogP contribution < -0.4 is 25.4 Å². The van der Waals surface area contributed by atoms with Gasteiger partial charge >= 0.3 is 0 Å². The highest BCUT2D eigenvalue weighted by Crippen LogP contribution is 2.59. The van der Waals surface area contributed by atoms with Crippen LogP contribution in [0.25, 0.3) is 33.4 Å². The molecule has 0 aliphatic carbocycles. The van der Waals surface area contributed by atoms with Gasteiger partial charge in [0.05, 0.1) is 10.6 Å². The fourth-order valence-electron chi connectivity index (χ4n) is 5.78. The van der Waals surface area contributed by atoms with Crippen molar-refractivity contribution >= 4 is 23.1 Å². The van der Waals surface area contributed by atoms with Crippen LogP contribution in [0.1, 0.15) is 0 Å². The molecule has 0 N–H and O–H groups in total. The van der Waals surface area contributed by atoms with Crippen molar-refractivity contribution < 1.29 is 14.0 Å². The van der Waals surface area contributed by atoms with Crippen LogP contribution in [0.5, 0.6) is 23.0 Å². The maximum Gasteiger partial charge on any atom is 0.185 e. The topological polar surface area (TPSA) is 35.5 Å². The third-order valence-corrected chi connectivity index (χ3v) is 10.9. The van der Waals surface area contributed by atoms with E-state index < -0.39 is 7.14 Å². The molecule has 4 heteroatoms. The molecule has 0 aromatic heterocycles. The summed E-state index contributed by atoms with van der Waals surface area (Å²) in [6, 6.07) is 46.5. The van der Waals surface area contributed by atoms with E-state index in [1.54, 1.807) is 0 Å². The molecular weight excluding hydrogens is 511 g/mol. The zero-order valence-electron chi connectivity index (χ0n) is 21.5. The van der Waals surface area contributed by atoms with Crippen LogP contribution >= 0.6 is 7.14 Å². The summed E-state index contributed by atoms with van der Waals surface area (Å²) in [6.45, 7) is 0. The first-order valence-electron chi connectivity index (χ1n) is 13.3. The van der Waals surface area contributed by atoms with Crippen molar-refractivity contribution in [3.8, 4) is 56.4 Å². The van der Waals surface area contributed by atoms with Gasteiger partial charge in [-0.05, 0) is 69.8 Å². The Morgan fingerprint density at radius 3 is 1.45 bits per heavy atom. The summed E-state index contributed by atoms with van der Waals surface area (Å²) < 4.78 is 28.8. The summed E-state index contributed by atoms with van der Waals surface area (Å²) in [6.07, 6.45) is 0. The zero-order valence-corrected chi connectivity index (χ0v) is 22.3. The normalized spacial score (nSPS) is 16.1. The van der Waals surface area contributed by atoms with Gasteiger partial charge in [0.15, 0.2) is 7.14 Å². The Hall–Kier alpha value is -4.85. The quantitative estimate of drug-likeness (QED) is 0.213. The Balaban J connectivity index is 1.39. The van der Waals surface area contributed by atoms with E-state index in [0.29, 0.717) is 38.9 Å². The average molecular weight is 535 g/mol. The van der Waals surface area contributed by atoms with E-state index in [2.05, 4.69) is 36.4 Å². The van der Waals surface area contributed by atoms with E-state index >= 15 is 4.57 Å². The van der Waals surface area contributed by atoms with Gasteiger partial charge in [-0.25, -0.2) is 0 Å². The fourth-order valence-corrected chi connectivity index (χ4v) is 8.82. The Labute approximate surface area is 232 Å². The van der Waals surface area contributed by atoms with E-state index in [1.807, 2.05) is 103 Å². The standard InChI is InChI=1S/C36H23O3P/c37-40-34-19-17-27(24-10-4-1-5-11-24)20-31(34)39-33-22-29(26-14-8-3-9-15-26)21-32(36(33)40)38-30-18-16-28(23-35(30)40)25-12-6-2-7-13-25/h1-23H. The summed E-state index contributed by atoms with van der Waals surface area (Å²) in [7, 11) is -3.34. The molecule has 0 bridgehead atoms. The second kappa shape index (κ2) is 8.84. The lowest BCUT2D eigenvalue weighted by Gasteiger charge is -2.35. The minimum absolute atomic E-state index is 0.577. The number of rotatable bonds is 3. The van der Waals surface area contributed by atoms with Crippen molar-refractivity contribution in [1.82, 2.24) is 0 Å². The second-order valence-electron chi connectivity index (χ2n) is 10.1. The summed E-state index contributed by atoms with van der Waals surface area (Å²) >= 11 is 0. The van der Waals surface area contributed by atoms with Crippen LogP contribution in [0, 0.1) is 0 Å². The molecule has 1 unspecified atom stereocenters.